The predicted octanol–water partition coefficient (Wildman–Crippen LogP) is 1.58. The maximum atomic E-state index is 12.9. The fraction of sp³-hybridized carbons (Fsp3) is 0.727. The molecule has 0 aromatic rings. The van der Waals surface area contributed by atoms with Gasteiger partial charge in [0.1, 0.15) is 0 Å². The van der Waals surface area contributed by atoms with Crippen molar-refractivity contribution >= 4 is 5.91 Å². The molecule has 1 unspecified atom stereocenters. The Hall–Kier alpha value is -1.22. The Labute approximate surface area is 97.9 Å². The number of carbonyl (C=O) groups excluding carboxylic acids is 1. The molecule has 0 spiro atoms. The summed E-state index contributed by atoms with van der Waals surface area (Å²) in [5.74, 6) is 4.04. The summed E-state index contributed by atoms with van der Waals surface area (Å²) < 4.78 is 43.6. The first-order chi connectivity index (χ1) is 7.86. The highest BCUT2D eigenvalue weighted by molar-refractivity contribution is 5.93. The molecule has 0 bridgehead atoms. The lowest BCUT2D eigenvalue weighted by atomic mass is 9.97. The molecule has 3 nitrogen and oxygen atoms in total. The zero-order chi connectivity index (χ0) is 13.1. The molecule has 0 aromatic heterocycles. The van der Waals surface area contributed by atoms with E-state index in [1.54, 1.807) is 0 Å². The summed E-state index contributed by atoms with van der Waals surface area (Å²) in [6, 6.07) is 0. The van der Waals surface area contributed by atoms with Gasteiger partial charge in [0.2, 0.25) is 0 Å². The molecule has 1 atom stereocenters. The molecule has 1 heterocycles. The smallest absolute Gasteiger partial charge is 0.362 e. The van der Waals surface area contributed by atoms with Gasteiger partial charge in [-0.05, 0) is 19.3 Å². The lowest BCUT2D eigenvalue weighted by Crippen LogP contribution is -2.60. The number of rotatable bonds is 1. The summed E-state index contributed by atoms with van der Waals surface area (Å²) in [7, 11) is 0. The lowest BCUT2D eigenvalue weighted by Gasteiger charge is -2.42. The summed E-state index contributed by atoms with van der Waals surface area (Å²) in [6.45, 7) is 2.40. The normalized spacial score (nSPS) is 25.1. The van der Waals surface area contributed by atoms with E-state index in [1.807, 2.05) is 0 Å². The number of hydrogen-bond donors (Lipinski definition) is 0. The average Bonchev–Trinajstić information content (AvgIpc) is 2.28. The quantitative estimate of drug-likeness (QED) is 0.660. The number of nitrogens with zero attached hydrogens (tertiary/aromatic N) is 1. The Morgan fingerprint density at radius 3 is 2.65 bits per heavy atom. The summed E-state index contributed by atoms with van der Waals surface area (Å²) in [6.07, 6.45) is -4.71. The minimum Gasteiger partial charge on any atom is -0.362 e. The number of morpholine rings is 1. The third-order valence-corrected chi connectivity index (χ3v) is 2.79. The standard InChI is InChI=1S/C11H14F3NO2/c1-3-5-9(16)15-6-7-17-10(4-2,8-15)11(12,13)14/h4,6-8H2,1-2H3. The van der Waals surface area contributed by atoms with Gasteiger partial charge in [-0.1, -0.05) is 12.8 Å². The van der Waals surface area contributed by atoms with Crippen LogP contribution in [0.5, 0.6) is 0 Å². The van der Waals surface area contributed by atoms with E-state index in [-0.39, 0.29) is 19.6 Å². The van der Waals surface area contributed by atoms with Crippen molar-refractivity contribution in [1.29, 1.82) is 0 Å². The second-order valence-corrected chi connectivity index (χ2v) is 3.80. The first kappa shape index (κ1) is 13.8. The maximum Gasteiger partial charge on any atom is 0.419 e. The van der Waals surface area contributed by atoms with Crippen LogP contribution in [0.2, 0.25) is 0 Å². The van der Waals surface area contributed by atoms with Gasteiger partial charge in [-0.15, -0.1) is 0 Å². The molecule has 96 valence electrons. The van der Waals surface area contributed by atoms with Crippen LogP contribution in [0.15, 0.2) is 0 Å². The van der Waals surface area contributed by atoms with E-state index in [4.69, 9.17) is 4.74 Å². The van der Waals surface area contributed by atoms with Crippen molar-refractivity contribution in [2.75, 3.05) is 19.7 Å². The predicted molar refractivity (Wildman–Crippen MR) is 55.1 cm³/mol. The van der Waals surface area contributed by atoms with Crippen molar-refractivity contribution in [3.8, 4) is 11.8 Å². The SMILES string of the molecule is CC#CC(=O)N1CCOC(CC)(C(F)(F)F)C1. The highest BCUT2D eigenvalue weighted by atomic mass is 19.4. The summed E-state index contributed by atoms with van der Waals surface area (Å²) >= 11 is 0. The molecule has 1 rings (SSSR count). The monoisotopic (exact) mass is 249 g/mol. The highest BCUT2D eigenvalue weighted by Crippen LogP contribution is 2.38. The van der Waals surface area contributed by atoms with E-state index in [0.29, 0.717) is 0 Å². The summed E-state index contributed by atoms with van der Waals surface area (Å²) in [5, 5.41) is 0. The average molecular weight is 249 g/mol. The van der Waals surface area contributed by atoms with Crippen molar-refractivity contribution in [1.82, 2.24) is 4.90 Å². The number of ether oxygens (including phenoxy) is 1. The van der Waals surface area contributed by atoms with Crippen LogP contribution >= 0.6 is 0 Å². The Kier molecular flexibility index (Phi) is 4.04. The van der Waals surface area contributed by atoms with E-state index < -0.39 is 24.2 Å². The van der Waals surface area contributed by atoms with Gasteiger partial charge in [0.25, 0.3) is 5.91 Å². The Morgan fingerprint density at radius 1 is 1.53 bits per heavy atom. The molecule has 0 N–H and O–H groups in total. The third kappa shape index (κ3) is 2.72. The third-order valence-electron chi connectivity index (χ3n) is 2.79. The van der Waals surface area contributed by atoms with Crippen LogP contribution in [0, 0.1) is 11.8 Å². The molecule has 0 radical (unpaired) electrons. The molecule has 0 aliphatic carbocycles. The van der Waals surface area contributed by atoms with Crippen molar-refractivity contribution in [3.05, 3.63) is 0 Å². The van der Waals surface area contributed by atoms with Crippen LogP contribution in [-0.2, 0) is 9.53 Å². The minimum atomic E-state index is -4.49. The minimum absolute atomic E-state index is 0.121. The molecule has 17 heavy (non-hydrogen) atoms. The van der Waals surface area contributed by atoms with Crippen LogP contribution in [0.4, 0.5) is 13.2 Å². The van der Waals surface area contributed by atoms with Crippen molar-refractivity contribution in [2.24, 2.45) is 0 Å². The molecule has 0 saturated carbocycles. The van der Waals surface area contributed by atoms with Crippen molar-refractivity contribution in [3.63, 3.8) is 0 Å². The molecule has 1 aliphatic heterocycles. The summed E-state index contributed by atoms with van der Waals surface area (Å²) in [4.78, 5) is 12.6. The van der Waals surface area contributed by atoms with Crippen molar-refractivity contribution in [2.45, 2.75) is 32.0 Å². The molecule has 1 fully saturated rings. The van der Waals surface area contributed by atoms with Crippen LogP contribution in [0.1, 0.15) is 20.3 Å². The van der Waals surface area contributed by atoms with Crippen LogP contribution < -0.4 is 0 Å². The van der Waals surface area contributed by atoms with Gasteiger partial charge in [0.05, 0.1) is 13.2 Å². The Balaban J connectivity index is 2.89. The van der Waals surface area contributed by atoms with E-state index in [2.05, 4.69) is 11.8 Å². The molecular formula is C11H14F3NO2. The largest absolute Gasteiger partial charge is 0.419 e. The van der Waals surface area contributed by atoms with Crippen LogP contribution in [-0.4, -0.2) is 42.3 Å². The maximum absolute atomic E-state index is 12.9. The van der Waals surface area contributed by atoms with Gasteiger partial charge >= 0.3 is 6.18 Å². The number of hydrogen-bond acceptors (Lipinski definition) is 2. The zero-order valence-electron chi connectivity index (χ0n) is 9.73. The van der Waals surface area contributed by atoms with Crippen LogP contribution in [0.3, 0.4) is 0 Å². The van der Waals surface area contributed by atoms with E-state index >= 15 is 0 Å². The zero-order valence-corrected chi connectivity index (χ0v) is 9.73. The topological polar surface area (TPSA) is 29.5 Å². The Bertz CT molecular complexity index is 356. The second-order valence-electron chi connectivity index (χ2n) is 3.80. The first-order valence-corrected chi connectivity index (χ1v) is 5.28. The lowest BCUT2D eigenvalue weighted by molar-refractivity contribution is -0.294. The fourth-order valence-electron chi connectivity index (χ4n) is 1.73. The number of amides is 1. The molecular weight excluding hydrogens is 235 g/mol. The summed E-state index contributed by atoms with van der Waals surface area (Å²) in [5.41, 5.74) is -2.25. The molecule has 0 aromatic carbocycles. The first-order valence-electron chi connectivity index (χ1n) is 5.28. The number of alkyl halides is 3. The molecule has 1 saturated heterocycles. The van der Waals surface area contributed by atoms with Crippen molar-refractivity contribution < 1.29 is 22.7 Å². The molecule has 6 heteroatoms. The number of carbonyl (C=O) groups is 1. The van der Waals surface area contributed by atoms with Gasteiger partial charge in [-0.3, -0.25) is 4.79 Å². The van der Waals surface area contributed by atoms with E-state index in [9.17, 15) is 18.0 Å². The van der Waals surface area contributed by atoms with E-state index in [1.165, 1.54) is 13.8 Å². The van der Waals surface area contributed by atoms with Crippen LogP contribution in [0.25, 0.3) is 0 Å². The van der Waals surface area contributed by atoms with Gasteiger partial charge in [0, 0.05) is 6.54 Å². The Morgan fingerprint density at radius 2 is 2.18 bits per heavy atom. The second kappa shape index (κ2) is 4.96. The van der Waals surface area contributed by atoms with Gasteiger partial charge in [-0.2, -0.15) is 13.2 Å². The highest BCUT2D eigenvalue weighted by Gasteiger charge is 2.57. The van der Waals surface area contributed by atoms with E-state index in [0.717, 1.165) is 4.90 Å². The molecule has 1 aliphatic rings. The molecule has 1 amide bonds. The van der Waals surface area contributed by atoms with Gasteiger partial charge in [-0.25, -0.2) is 0 Å². The van der Waals surface area contributed by atoms with Gasteiger partial charge < -0.3 is 9.64 Å². The fourth-order valence-corrected chi connectivity index (χ4v) is 1.73. The number of halogens is 3. The van der Waals surface area contributed by atoms with Gasteiger partial charge in [0.15, 0.2) is 5.60 Å².